The van der Waals surface area contributed by atoms with Crippen molar-refractivity contribution in [2.45, 2.75) is 12.8 Å². The molecule has 5 heteroatoms. The molecule has 0 aromatic heterocycles. The smallest absolute Gasteiger partial charge is 0.243 e. The number of methoxy groups -OCH3 is 1. The summed E-state index contributed by atoms with van der Waals surface area (Å²) in [7, 11) is 1.57. The van der Waals surface area contributed by atoms with Crippen LogP contribution in [0.15, 0.2) is 24.3 Å². The number of hydroxylamine groups is 1. The topological polar surface area (TPSA) is 73.6 Å². The lowest BCUT2D eigenvalue weighted by Crippen LogP contribution is -2.25. The summed E-state index contributed by atoms with van der Waals surface area (Å²) in [6.45, 7) is 0.793. The van der Waals surface area contributed by atoms with Crippen LogP contribution in [0.5, 0.6) is 0 Å². The van der Waals surface area contributed by atoms with Crippen molar-refractivity contribution in [3.8, 4) is 0 Å². The average Bonchev–Trinajstić information content (AvgIpc) is 2.34. The molecule has 1 aromatic rings. The van der Waals surface area contributed by atoms with E-state index in [-0.39, 0.29) is 5.91 Å². The minimum atomic E-state index is -0.163. The van der Waals surface area contributed by atoms with Gasteiger partial charge in [0.25, 0.3) is 0 Å². The van der Waals surface area contributed by atoms with Gasteiger partial charge in [0.05, 0.1) is 13.2 Å². The average molecular weight is 238 g/mol. The Labute approximate surface area is 101 Å². The highest BCUT2D eigenvalue weighted by atomic mass is 16.7. The Bertz CT molecular complexity index is 355. The normalized spacial score (nSPS) is 10.2. The second-order valence-corrected chi connectivity index (χ2v) is 3.57. The van der Waals surface area contributed by atoms with Crippen molar-refractivity contribution >= 4 is 11.6 Å². The molecular weight excluding hydrogens is 220 g/mol. The Morgan fingerprint density at radius 3 is 2.82 bits per heavy atom. The zero-order valence-corrected chi connectivity index (χ0v) is 9.94. The molecule has 0 aliphatic carbocycles. The van der Waals surface area contributed by atoms with Crippen LogP contribution in [0.25, 0.3) is 0 Å². The maximum atomic E-state index is 11.4. The molecule has 0 aliphatic heterocycles. The predicted molar refractivity (Wildman–Crippen MR) is 65.1 cm³/mol. The summed E-state index contributed by atoms with van der Waals surface area (Å²) in [5.41, 5.74) is 9.80. The molecule has 1 amide bonds. The van der Waals surface area contributed by atoms with Crippen LogP contribution in [0.4, 0.5) is 5.69 Å². The molecule has 94 valence electrons. The number of carbonyl (C=O) groups is 1. The number of ether oxygens (including phenoxy) is 1. The second-order valence-electron chi connectivity index (χ2n) is 3.57. The van der Waals surface area contributed by atoms with Crippen molar-refractivity contribution in [1.29, 1.82) is 0 Å². The van der Waals surface area contributed by atoms with Crippen LogP contribution >= 0.6 is 0 Å². The van der Waals surface area contributed by atoms with Gasteiger partial charge in [-0.15, -0.1) is 0 Å². The molecule has 0 saturated carbocycles. The number of hydrogen-bond donors (Lipinski definition) is 2. The number of amides is 1. The number of nitrogens with one attached hydrogen (secondary N) is 1. The van der Waals surface area contributed by atoms with Crippen molar-refractivity contribution in [2.24, 2.45) is 0 Å². The highest BCUT2D eigenvalue weighted by molar-refractivity contribution is 5.75. The first-order valence-electron chi connectivity index (χ1n) is 5.47. The first kappa shape index (κ1) is 13.5. The maximum absolute atomic E-state index is 11.4. The number of anilines is 1. The summed E-state index contributed by atoms with van der Waals surface area (Å²) in [5.74, 6) is -0.163. The third-order valence-corrected chi connectivity index (χ3v) is 2.25. The molecule has 0 heterocycles. The molecule has 0 saturated heterocycles. The van der Waals surface area contributed by atoms with Gasteiger partial charge in [-0.2, -0.15) is 0 Å². The molecule has 1 rings (SSSR count). The molecule has 0 radical (unpaired) electrons. The van der Waals surface area contributed by atoms with Crippen molar-refractivity contribution in [2.75, 3.05) is 26.1 Å². The van der Waals surface area contributed by atoms with E-state index < -0.39 is 0 Å². The van der Waals surface area contributed by atoms with Crippen molar-refractivity contribution in [3.63, 3.8) is 0 Å². The van der Waals surface area contributed by atoms with Crippen LogP contribution < -0.4 is 11.2 Å². The van der Waals surface area contributed by atoms with E-state index >= 15 is 0 Å². The first-order valence-corrected chi connectivity index (χ1v) is 5.47. The molecule has 0 atom stereocenters. The van der Waals surface area contributed by atoms with E-state index in [1.165, 1.54) is 0 Å². The van der Waals surface area contributed by atoms with E-state index in [0.717, 1.165) is 5.56 Å². The lowest BCUT2D eigenvalue weighted by molar-refractivity contribution is -0.134. The van der Waals surface area contributed by atoms with Gasteiger partial charge in [0.2, 0.25) is 5.91 Å². The third-order valence-electron chi connectivity index (χ3n) is 2.25. The predicted octanol–water partition coefficient (Wildman–Crippen LogP) is 0.896. The number of carbonyl (C=O) groups excluding carboxylic acids is 1. The minimum Gasteiger partial charge on any atom is -0.399 e. The molecule has 1 aromatic carbocycles. The summed E-state index contributed by atoms with van der Waals surface area (Å²) in [5, 5.41) is 0. The summed E-state index contributed by atoms with van der Waals surface area (Å²) >= 11 is 0. The van der Waals surface area contributed by atoms with Crippen molar-refractivity contribution in [3.05, 3.63) is 29.8 Å². The van der Waals surface area contributed by atoms with Crippen molar-refractivity contribution < 1.29 is 14.4 Å². The van der Waals surface area contributed by atoms with Crippen LogP contribution in [-0.2, 0) is 20.8 Å². The van der Waals surface area contributed by atoms with E-state index in [4.69, 9.17) is 15.3 Å². The van der Waals surface area contributed by atoms with Crippen molar-refractivity contribution in [1.82, 2.24) is 5.48 Å². The number of nitrogen functional groups attached to an aromatic ring is 1. The van der Waals surface area contributed by atoms with Gasteiger partial charge in [-0.3, -0.25) is 9.63 Å². The van der Waals surface area contributed by atoms with Gasteiger partial charge < -0.3 is 10.5 Å². The van der Waals surface area contributed by atoms with Crippen LogP contribution in [0.1, 0.15) is 12.0 Å². The summed E-state index contributed by atoms with van der Waals surface area (Å²) in [6.07, 6.45) is 0.952. The van der Waals surface area contributed by atoms with E-state index in [0.29, 0.717) is 31.7 Å². The zero-order chi connectivity index (χ0) is 12.5. The van der Waals surface area contributed by atoms with Crippen LogP contribution in [0.2, 0.25) is 0 Å². The number of benzene rings is 1. The van der Waals surface area contributed by atoms with Gasteiger partial charge in [0, 0.05) is 19.2 Å². The fourth-order valence-electron chi connectivity index (χ4n) is 1.32. The molecule has 5 nitrogen and oxygen atoms in total. The minimum absolute atomic E-state index is 0.163. The standard InChI is InChI=1S/C12H18N2O3/c1-16-8-9-17-14-12(15)7-6-10-4-2-3-5-11(10)13/h2-5H,6-9,13H2,1H3,(H,14,15). The molecule has 17 heavy (non-hydrogen) atoms. The number of hydrogen-bond acceptors (Lipinski definition) is 4. The molecule has 3 N–H and O–H groups in total. The Morgan fingerprint density at radius 1 is 1.35 bits per heavy atom. The second kappa shape index (κ2) is 7.65. The molecule has 0 fully saturated rings. The molecule has 0 spiro atoms. The van der Waals surface area contributed by atoms with Gasteiger partial charge in [0.15, 0.2) is 0 Å². The number of nitrogens with two attached hydrogens (primary N) is 1. The molecule has 0 bridgehead atoms. The monoisotopic (exact) mass is 238 g/mol. The molecule has 0 aliphatic rings. The van der Waals surface area contributed by atoms with Crippen LogP contribution in [0.3, 0.4) is 0 Å². The van der Waals surface area contributed by atoms with Crippen LogP contribution in [-0.4, -0.2) is 26.2 Å². The Hall–Kier alpha value is -1.59. The van der Waals surface area contributed by atoms with Gasteiger partial charge in [-0.25, -0.2) is 5.48 Å². The maximum Gasteiger partial charge on any atom is 0.243 e. The highest BCUT2D eigenvalue weighted by Crippen LogP contribution is 2.12. The van der Waals surface area contributed by atoms with E-state index in [1.807, 2.05) is 24.3 Å². The summed E-state index contributed by atoms with van der Waals surface area (Å²) in [6, 6.07) is 7.50. The third kappa shape index (κ3) is 5.33. The number of para-hydroxylation sites is 1. The van der Waals surface area contributed by atoms with Crippen LogP contribution in [0, 0.1) is 0 Å². The Kier molecular flexibility index (Phi) is 6.06. The Balaban J connectivity index is 2.22. The van der Waals surface area contributed by atoms with E-state index in [1.54, 1.807) is 7.11 Å². The van der Waals surface area contributed by atoms with Gasteiger partial charge in [-0.1, -0.05) is 18.2 Å². The molecular formula is C12H18N2O3. The Morgan fingerprint density at radius 2 is 2.12 bits per heavy atom. The number of aryl methyl sites for hydroxylation is 1. The zero-order valence-electron chi connectivity index (χ0n) is 9.94. The molecule has 0 unspecified atom stereocenters. The van der Waals surface area contributed by atoms with Gasteiger partial charge in [0.1, 0.15) is 0 Å². The fraction of sp³-hybridized carbons (Fsp3) is 0.417. The van der Waals surface area contributed by atoms with E-state index in [2.05, 4.69) is 5.48 Å². The SMILES string of the molecule is COCCONC(=O)CCc1ccccc1N. The number of rotatable bonds is 7. The lowest BCUT2D eigenvalue weighted by atomic mass is 10.1. The van der Waals surface area contributed by atoms with Gasteiger partial charge in [-0.05, 0) is 18.1 Å². The van der Waals surface area contributed by atoms with E-state index in [9.17, 15) is 4.79 Å². The highest BCUT2D eigenvalue weighted by Gasteiger charge is 2.03. The lowest BCUT2D eigenvalue weighted by Gasteiger charge is -2.06. The van der Waals surface area contributed by atoms with Gasteiger partial charge >= 0.3 is 0 Å². The summed E-state index contributed by atoms with van der Waals surface area (Å²) < 4.78 is 4.78. The first-order chi connectivity index (χ1) is 8.24. The summed E-state index contributed by atoms with van der Waals surface area (Å²) in [4.78, 5) is 16.3. The largest absolute Gasteiger partial charge is 0.399 e. The fourth-order valence-corrected chi connectivity index (χ4v) is 1.32. The quantitative estimate of drug-likeness (QED) is 0.420.